The van der Waals surface area contributed by atoms with Gasteiger partial charge in [0.2, 0.25) is 5.91 Å². The predicted molar refractivity (Wildman–Crippen MR) is 107 cm³/mol. The maximum atomic E-state index is 13.2. The Balaban J connectivity index is 2.06. The van der Waals surface area contributed by atoms with Crippen molar-refractivity contribution >= 4 is 29.3 Å². The molecular formula is C21H19N3O2S. The zero-order chi connectivity index (χ0) is 19.6. The number of nitrogens with zero attached hydrogens (tertiary/aromatic N) is 2. The molecule has 0 aromatic heterocycles. The van der Waals surface area contributed by atoms with Crippen molar-refractivity contribution in [2.24, 2.45) is 5.73 Å². The summed E-state index contributed by atoms with van der Waals surface area (Å²) in [5.74, 6) is -0.986. The van der Waals surface area contributed by atoms with Crippen LogP contribution in [0.4, 0.5) is 5.69 Å². The quantitative estimate of drug-likeness (QED) is 0.655. The average molecular weight is 377 g/mol. The lowest BCUT2D eigenvalue weighted by Gasteiger charge is -2.18. The van der Waals surface area contributed by atoms with Gasteiger partial charge in [-0.1, -0.05) is 48.2 Å². The van der Waals surface area contributed by atoms with Crippen molar-refractivity contribution in [1.82, 2.24) is 0 Å². The number of hydrogen-bond donors (Lipinski definition) is 1. The minimum Gasteiger partial charge on any atom is -0.365 e. The van der Waals surface area contributed by atoms with Crippen LogP contribution >= 0.6 is 11.8 Å². The van der Waals surface area contributed by atoms with E-state index in [0.29, 0.717) is 17.1 Å². The standard InChI is InChI=1S/C21H19N3O2S/c1-13-6-5-9-16(10-13)24-20(26)18(11-15-8-4-3-7-14(15)2)27-21(24)17(12-22)19(23)25/h3-10,18H,11H2,1-2H3,(H2,23,25)/b21-17-/t18-/m0/s1. The molecule has 5 nitrogen and oxygen atoms in total. The van der Waals surface area contributed by atoms with Crippen LogP contribution in [-0.2, 0) is 16.0 Å². The van der Waals surface area contributed by atoms with Gasteiger partial charge in [-0.15, -0.1) is 0 Å². The third-order valence-corrected chi connectivity index (χ3v) is 5.71. The molecule has 27 heavy (non-hydrogen) atoms. The van der Waals surface area contributed by atoms with E-state index < -0.39 is 11.2 Å². The molecule has 1 heterocycles. The van der Waals surface area contributed by atoms with Gasteiger partial charge in [0.25, 0.3) is 5.91 Å². The van der Waals surface area contributed by atoms with E-state index in [1.54, 1.807) is 6.07 Å². The lowest BCUT2D eigenvalue weighted by atomic mass is 10.0. The first-order valence-electron chi connectivity index (χ1n) is 8.48. The summed E-state index contributed by atoms with van der Waals surface area (Å²) < 4.78 is 0. The van der Waals surface area contributed by atoms with Crippen molar-refractivity contribution in [3.8, 4) is 6.07 Å². The van der Waals surface area contributed by atoms with Crippen molar-refractivity contribution in [2.45, 2.75) is 25.5 Å². The summed E-state index contributed by atoms with van der Waals surface area (Å²) in [5, 5.41) is 9.30. The first-order valence-corrected chi connectivity index (χ1v) is 9.36. The van der Waals surface area contributed by atoms with E-state index in [4.69, 9.17) is 5.73 Å². The van der Waals surface area contributed by atoms with E-state index in [1.165, 1.54) is 16.7 Å². The Morgan fingerprint density at radius 1 is 1.22 bits per heavy atom. The third kappa shape index (κ3) is 3.74. The van der Waals surface area contributed by atoms with Gasteiger partial charge in [-0.3, -0.25) is 14.5 Å². The highest BCUT2D eigenvalue weighted by Crippen LogP contribution is 2.42. The number of amides is 2. The van der Waals surface area contributed by atoms with E-state index in [9.17, 15) is 14.9 Å². The molecule has 2 N–H and O–H groups in total. The maximum absolute atomic E-state index is 13.2. The molecule has 0 unspecified atom stereocenters. The second-order valence-electron chi connectivity index (χ2n) is 6.41. The summed E-state index contributed by atoms with van der Waals surface area (Å²) in [6.45, 7) is 3.92. The first kappa shape index (κ1) is 18.7. The number of primary amides is 1. The van der Waals surface area contributed by atoms with Crippen molar-refractivity contribution < 1.29 is 9.59 Å². The molecule has 1 atom stereocenters. The normalized spacial score (nSPS) is 18.3. The van der Waals surface area contributed by atoms with Crippen LogP contribution < -0.4 is 10.6 Å². The van der Waals surface area contributed by atoms with Crippen LogP contribution in [0, 0.1) is 25.2 Å². The van der Waals surface area contributed by atoms with E-state index in [1.807, 2.05) is 62.4 Å². The molecule has 1 saturated heterocycles. The summed E-state index contributed by atoms with van der Waals surface area (Å²) in [5.41, 5.74) is 8.97. The minimum atomic E-state index is -0.831. The van der Waals surface area contributed by atoms with Crippen molar-refractivity contribution in [3.63, 3.8) is 0 Å². The van der Waals surface area contributed by atoms with E-state index >= 15 is 0 Å². The molecule has 1 fully saturated rings. The summed E-state index contributed by atoms with van der Waals surface area (Å²) in [7, 11) is 0. The molecule has 0 radical (unpaired) electrons. The number of nitrogens with two attached hydrogens (primary N) is 1. The zero-order valence-corrected chi connectivity index (χ0v) is 15.9. The number of aryl methyl sites for hydroxylation is 2. The van der Waals surface area contributed by atoms with E-state index in [0.717, 1.165) is 16.7 Å². The second-order valence-corrected chi connectivity index (χ2v) is 7.60. The fourth-order valence-corrected chi connectivity index (χ4v) is 4.34. The molecule has 0 bridgehead atoms. The van der Waals surface area contributed by atoms with Gasteiger partial charge in [0.1, 0.15) is 16.7 Å². The minimum absolute atomic E-state index is 0.155. The fourth-order valence-electron chi connectivity index (χ4n) is 3.04. The molecule has 1 aliphatic rings. The smallest absolute Gasteiger partial charge is 0.262 e. The maximum Gasteiger partial charge on any atom is 0.262 e. The third-order valence-electron chi connectivity index (χ3n) is 4.45. The van der Waals surface area contributed by atoms with Crippen molar-refractivity contribution in [2.75, 3.05) is 4.90 Å². The summed E-state index contributed by atoms with van der Waals surface area (Å²) in [6, 6.07) is 17.1. The largest absolute Gasteiger partial charge is 0.365 e. The Morgan fingerprint density at radius 3 is 2.59 bits per heavy atom. The van der Waals surface area contributed by atoms with Crippen molar-refractivity contribution in [1.29, 1.82) is 5.26 Å². The number of rotatable bonds is 4. The number of benzene rings is 2. The Labute approximate surface area is 162 Å². The number of hydrogen-bond acceptors (Lipinski definition) is 4. The molecule has 136 valence electrons. The average Bonchev–Trinajstić information content (AvgIpc) is 2.93. The van der Waals surface area contributed by atoms with Crippen LogP contribution in [0.1, 0.15) is 16.7 Å². The predicted octanol–water partition coefficient (Wildman–Crippen LogP) is 3.22. The van der Waals surface area contributed by atoms with Gasteiger partial charge in [0, 0.05) is 5.69 Å². The number of carbonyl (C=O) groups excluding carboxylic acids is 2. The van der Waals surface area contributed by atoms with Gasteiger partial charge < -0.3 is 5.73 Å². The zero-order valence-electron chi connectivity index (χ0n) is 15.1. The van der Waals surface area contributed by atoms with E-state index in [-0.39, 0.29) is 11.5 Å². The topological polar surface area (TPSA) is 87.2 Å². The van der Waals surface area contributed by atoms with Gasteiger partial charge in [-0.05, 0) is 49.1 Å². The van der Waals surface area contributed by atoms with Crippen LogP contribution in [0.3, 0.4) is 0 Å². The highest BCUT2D eigenvalue weighted by atomic mass is 32.2. The molecule has 2 aromatic rings. The van der Waals surface area contributed by atoms with Crippen LogP contribution in [0.25, 0.3) is 0 Å². The molecule has 0 aliphatic carbocycles. The highest BCUT2D eigenvalue weighted by Gasteiger charge is 2.40. The highest BCUT2D eigenvalue weighted by molar-refractivity contribution is 8.05. The van der Waals surface area contributed by atoms with E-state index in [2.05, 4.69) is 0 Å². The lowest BCUT2D eigenvalue weighted by molar-refractivity contribution is -0.117. The van der Waals surface area contributed by atoms with Gasteiger partial charge in [-0.25, -0.2) is 0 Å². The summed E-state index contributed by atoms with van der Waals surface area (Å²) in [6.07, 6.45) is 0.513. The summed E-state index contributed by atoms with van der Waals surface area (Å²) >= 11 is 1.22. The molecule has 2 aromatic carbocycles. The SMILES string of the molecule is Cc1cccc(N2C(=O)[C@H](Cc3ccccc3C)S/C2=C(/C#N)C(N)=O)c1. The molecule has 2 amide bonds. The van der Waals surface area contributed by atoms with Crippen LogP contribution in [0.5, 0.6) is 0 Å². The molecular weight excluding hydrogens is 358 g/mol. The number of anilines is 1. The molecule has 0 saturated carbocycles. The number of thioether (sulfide) groups is 1. The van der Waals surface area contributed by atoms with Crippen LogP contribution in [-0.4, -0.2) is 17.1 Å². The van der Waals surface area contributed by atoms with Crippen LogP contribution in [0.15, 0.2) is 59.1 Å². The number of nitriles is 1. The first-order chi connectivity index (χ1) is 12.9. The van der Waals surface area contributed by atoms with Gasteiger partial charge in [0.05, 0.1) is 5.25 Å². The van der Waals surface area contributed by atoms with Gasteiger partial charge in [-0.2, -0.15) is 5.26 Å². The lowest BCUT2D eigenvalue weighted by Crippen LogP contribution is -2.31. The molecule has 3 rings (SSSR count). The Hall–Kier alpha value is -3.04. The van der Waals surface area contributed by atoms with Crippen molar-refractivity contribution in [3.05, 3.63) is 75.8 Å². The molecule has 1 aliphatic heterocycles. The Kier molecular flexibility index (Phi) is 5.33. The van der Waals surface area contributed by atoms with Gasteiger partial charge >= 0.3 is 0 Å². The Bertz CT molecular complexity index is 991. The van der Waals surface area contributed by atoms with Crippen LogP contribution in [0.2, 0.25) is 0 Å². The second kappa shape index (κ2) is 7.68. The molecule has 0 spiro atoms. The fraction of sp³-hybridized carbons (Fsp3) is 0.190. The summed E-state index contributed by atoms with van der Waals surface area (Å²) in [4.78, 5) is 26.4. The van der Waals surface area contributed by atoms with Gasteiger partial charge in [0.15, 0.2) is 0 Å². The Morgan fingerprint density at radius 2 is 1.96 bits per heavy atom. The monoisotopic (exact) mass is 377 g/mol. The molecule has 6 heteroatoms. The number of carbonyl (C=O) groups is 2.